The van der Waals surface area contributed by atoms with Crippen LogP contribution in [0.4, 0.5) is 0 Å². The van der Waals surface area contributed by atoms with Crippen molar-refractivity contribution in [3.8, 4) is 0 Å². The lowest BCUT2D eigenvalue weighted by molar-refractivity contribution is -0.128. The average Bonchev–Trinajstić information content (AvgIpc) is 3.04. The van der Waals surface area contributed by atoms with Crippen LogP contribution in [0.25, 0.3) is 0 Å². The number of amides is 2. The van der Waals surface area contributed by atoms with Crippen molar-refractivity contribution in [1.29, 1.82) is 0 Å². The van der Waals surface area contributed by atoms with E-state index in [0.29, 0.717) is 15.9 Å². The zero-order valence-electron chi connectivity index (χ0n) is 14.2. The van der Waals surface area contributed by atoms with Gasteiger partial charge in [-0.25, -0.2) is 4.98 Å². The molecule has 0 aliphatic heterocycles. The molecular weight excluding hydrogens is 377 g/mol. The van der Waals surface area contributed by atoms with E-state index in [1.165, 1.54) is 6.26 Å². The van der Waals surface area contributed by atoms with Gasteiger partial charge in [-0.2, -0.15) is 0 Å². The van der Waals surface area contributed by atoms with Gasteiger partial charge >= 0.3 is 0 Å². The second-order valence-electron chi connectivity index (χ2n) is 6.36. The first-order chi connectivity index (χ1) is 12.4. The Morgan fingerprint density at radius 3 is 2.73 bits per heavy atom. The Hall–Kier alpha value is -2.05. The molecule has 8 heteroatoms. The summed E-state index contributed by atoms with van der Waals surface area (Å²) in [6.45, 7) is 2.06. The highest BCUT2D eigenvalue weighted by molar-refractivity contribution is 6.42. The van der Waals surface area contributed by atoms with Gasteiger partial charge in [0.05, 0.1) is 10.0 Å². The predicted molar refractivity (Wildman–Crippen MR) is 98.0 cm³/mol. The van der Waals surface area contributed by atoms with E-state index < -0.39 is 0 Å². The van der Waals surface area contributed by atoms with E-state index in [9.17, 15) is 9.59 Å². The molecule has 0 radical (unpaired) electrons. The zero-order valence-corrected chi connectivity index (χ0v) is 15.7. The van der Waals surface area contributed by atoms with Gasteiger partial charge in [-0.15, -0.1) is 0 Å². The number of nitrogens with zero attached hydrogens (tertiary/aromatic N) is 1. The van der Waals surface area contributed by atoms with Gasteiger partial charge in [-0.1, -0.05) is 35.7 Å². The lowest BCUT2D eigenvalue weighted by Gasteiger charge is -2.25. The molecule has 1 fully saturated rings. The second kappa shape index (κ2) is 8.10. The molecule has 1 aliphatic rings. The lowest BCUT2D eigenvalue weighted by atomic mass is 9.84. The van der Waals surface area contributed by atoms with Crippen LogP contribution in [0, 0.1) is 5.92 Å². The summed E-state index contributed by atoms with van der Waals surface area (Å²) in [7, 11) is 0. The van der Waals surface area contributed by atoms with Crippen LogP contribution in [0.1, 0.15) is 54.2 Å². The Labute approximate surface area is 161 Å². The molecule has 1 heterocycles. The molecule has 1 saturated carbocycles. The number of rotatable bonds is 6. The molecule has 1 atom stereocenters. The quantitative estimate of drug-likeness (QED) is 0.776. The summed E-state index contributed by atoms with van der Waals surface area (Å²) < 4.78 is 5.34. The van der Waals surface area contributed by atoms with Crippen molar-refractivity contribution in [2.24, 2.45) is 5.92 Å². The molecular formula is C18H19Cl2N3O3. The standard InChI is InChI=1S/C18H19Cl2N3O3/c1-10(22-16(24)12-3-2-4-12)18-23-15(9-26-18)17(25)21-8-11-5-6-13(19)14(20)7-11/h5-7,9-10,12H,2-4,8H2,1H3,(H,21,25)(H,22,24)/t10-/m0/s1. The molecule has 2 aromatic rings. The Balaban J connectivity index is 1.55. The number of nitrogens with one attached hydrogen (secondary N) is 2. The third-order valence-electron chi connectivity index (χ3n) is 4.40. The molecule has 0 saturated heterocycles. The summed E-state index contributed by atoms with van der Waals surface area (Å²) in [4.78, 5) is 28.4. The van der Waals surface area contributed by atoms with Gasteiger partial charge in [-0.3, -0.25) is 9.59 Å². The van der Waals surface area contributed by atoms with Crippen molar-refractivity contribution in [2.75, 3.05) is 0 Å². The fourth-order valence-corrected chi connectivity index (χ4v) is 2.90. The van der Waals surface area contributed by atoms with Crippen molar-refractivity contribution in [2.45, 2.75) is 38.8 Å². The molecule has 6 nitrogen and oxygen atoms in total. The van der Waals surface area contributed by atoms with Crippen LogP contribution in [0.15, 0.2) is 28.9 Å². The summed E-state index contributed by atoms with van der Waals surface area (Å²) in [6.07, 6.45) is 4.22. The minimum Gasteiger partial charge on any atom is -0.446 e. The minimum atomic E-state index is -0.389. The lowest BCUT2D eigenvalue weighted by Crippen LogP contribution is -2.36. The fraction of sp³-hybridized carbons (Fsp3) is 0.389. The maximum absolute atomic E-state index is 12.2. The van der Waals surface area contributed by atoms with Gasteiger partial charge in [0.25, 0.3) is 5.91 Å². The molecule has 1 aromatic carbocycles. The molecule has 2 N–H and O–H groups in total. The van der Waals surface area contributed by atoms with Gasteiger partial charge in [0.15, 0.2) is 5.69 Å². The highest BCUT2D eigenvalue weighted by Gasteiger charge is 2.27. The topological polar surface area (TPSA) is 84.2 Å². The minimum absolute atomic E-state index is 0.00701. The smallest absolute Gasteiger partial charge is 0.273 e. The summed E-state index contributed by atoms with van der Waals surface area (Å²) in [6, 6.07) is 4.75. The molecule has 1 aliphatic carbocycles. The number of hydrogen-bond donors (Lipinski definition) is 2. The number of aromatic nitrogens is 1. The molecule has 0 unspecified atom stereocenters. The Bertz CT molecular complexity index is 818. The fourth-order valence-electron chi connectivity index (χ4n) is 2.58. The van der Waals surface area contributed by atoms with Gasteiger partial charge < -0.3 is 15.1 Å². The third-order valence-corrected chi connectivity index (χ3v) is 5.14. The van der Waals surface area contributed by atoms with Crippen LogP contribution in [0.3, 0.4) is 0 Å². The first kappa shape index (κ1) is 18.7. The molecule has 1 aromatic heterocycles. The van der Waals surface area contributed by atoms with E-state index in [1.54, 1.807) is 25.1 Å². The number of hydrogen-bond acceptors (Lipinski definition) is 4. The molecule has 138 valence electrons. The third kappa shape index (κ3) is 4.37. The van der Waals surface area contributed by atoms with Crippen molar-refractivity contribution in [3.63, 3.8) is 0 Å². The number of halogens is 2. The maximum Gasteiger partial charge on any atom is 0.273 e. The van der Waals surface area contributed by atoms with Crippen molar-refractivity contribution in [1.82, 2.24) is 15.6 Å². The molecule has 0 bridgehead atoms. The van der Waals surface area contributed by atoms with E-state index in [0.717, 1.165) is 24.8 Å². The highest BCUT2D eigenvalue weighted by Crippen LogP contribution is 2.27. The zero-order chi connectivity index (χ0) is 18.7. The van der Waals surface area contributed by atoms with E-state index in [2.05, 4.69) is 15.6 Å². The van der Waals surface area contributed by atoms with Crippen molar-refractivity contribution >= 4 is 35.0 Å². The van der Waals surface area contributed by atoms with E-state index in [-0.39, 0.29) is 36.0 Å². The number of oxazole rings is 1. The monoisotopic (exact) mass is 395 g/mol. The average molecular weight is 396 g/mol. The molecule has 26 heavy (non-hydrogen) atoms. The SMILES string of the molecule is C[C@H](NC(=O)C1CCC1)c1nc(C(=O)NCc2ccc(Cl)c(Cl)c2)co1. The Morgan fingerprint density at radius 1 is 1.31 bits per heavy atom. The van der Waals surface area contributed by atoms with Gasteiger partial charge in [0.1, 0.15) is 12.3 Å². The summed E-state index contributed by atoms with van der Waals surface area (Å²) >= 11 is 11.8. The van der Waals surface area contributed by atoms with Crippen LogP contribution in [-0.4, -0.2) is 16.8 Å². The normalized spacial score (nSPS) is 15.2. The van der Waals surface area contributed by atoms with Crippen LogP contribution < -0.4 is 10.6 Å². The van der Waals surface area contributed by atoms with Crippen LogP contribution in [0.2, 0.25) is 10.0 Å². The first-order valence-corrected chi connectivity index (χ1v) is 9.17. The summed E-state index contributed by atoms with van der Waals surface area (Å²) in [5.74, 6) is 0.0231. The predicted octanol–water partition coefficient (Wildman–Crippen LogP) is 3.89. The number of carbonyl (C=O) groups excluding carboxylic acids is 2. The second-order valence-corrected chi connectivity index (χ2v) is 7.17. The number of carbonyl (C=O) groups is 2. The first-order valence-electron chi connectivity index (χ1n) is 8.42. The van der Waals surface area contributed by atoms with Crippen molar-refractivity contribution < 1.29 is 14.0 Å². The number of benzene rings is 1. The van der Waals surface area contributed by atoms with Gasteiger partial charge in [0.2, 0.25) is 11.8 Å². The maximum atomic E-state index is 12.2. The van der Waals surface area contributed by atoms with Gasteiger partial charge in [-0.05, 0) is 37.5 Å². The van der Waals surface area contributed by atoms with Gasteiger partial charge in [0, 0.05) is 12.5 Å². The molecule has 2 amide bonds. The van der Waals surface area contributed by atoms with Crippen molar-refractivity contribution in [3.05, 3.63) is 51.7 Å². The molecule has 0 spiro atoms. The summed E-state index contributed by atoms with van der Waals surface area (Å²) in [5, 5.41) is 6.49. The van der Waals surface area contributed by atoms with E-state index >= 15 is 0 Å². The Morgan fingerprint density at radius 2 is 2.08 bits per heavy atom. The van der Waals surface area contributed by atoms with Crippen LogP contribution in [0.5, 0.6) is 0 Å². The largest absolute Gasteiger partial charge is 0.446 e. The Kier molecular flexibility index (Phi) is 5.84. The molecule has 3 rings (SSSR count). The summed E-state index contributed by atoms with van der Waals surface area (Å²) in [5.41, 5.74) is 0.974. The van der Waals surface area contributed by atoms with E-state index in [4.69, 9.17) is 27.6 Å². The highest BCUT2D eigenvalue weighted by atomic mass is 35.5. The van der Waals surface area contributed by atoms with Crippen LogP contribution in [-0.2, 0) is 11.3 Å². The van der Waals surface area contributed by atoms with Crippen LogP contribution >= 0.6 is 23.2 Å². The van der Waals surface area contributed by atoms with E-state index in [1.807, 2.05) is 0 Å².